The first-order valence-corrected chi connectivity index (χ1v) is 5.54. The molecule has 0 bridgehead atoms. The van der Waals surface area contributed by atoms with Gasteiger partial charge in [0.25, 0.3) is 0 Å². The van der Waals surface area contributed by atoms with E-state index in [0.29, 0.717) is 0 Å². The minimum absolute atomic E-state index is 0.0454. The molecule has 0 atom stereocenters. The van der Waals surface area contributed by atoms with Crippen molar-refractivity contribution in [2.75, 3.05) is 12.3 Å². The van der Waals surface area contributed by atoms with E-state index in [1.165, 1.54) is 18.2 Å². The van der Waals surface area contributed by atoms with Crippen molar-refractivity contribution in [3.63, 3.8) is 0 Å². The molecule has 0 saturated heterocycles. The van der Waals surface area contributed by atoms with Crippen molar-refractivity contribution in [3.8, 4) is 5.75 Å². The van der Waals surface area contributed by atoms with Crippen molar-refractivity contribution < 1.29 is 13.5 Å². The van der Waals surface area contributed by atoms with Crippen LogP contribution in [0, 0.1) is 0 Å². The number of sulfonamides is 1. The van der Waals surface area contributed by atoms with Gasteiger partial charge < -0.3 is 10.8 Å². The molecular formula is C8H12N2O3S. The first-order valence-electron chi connectivity index (χ1n) is 4.06. The van der Waals surface area contributed by atoms with Gasteiger partial charge in [0.1, 0.15) is 4.90 Å². The minimum atomic E-state index is -3.64. The summed E-state index contributed by atoms with van der Waals surface area (Å²) in [6.45, 7) is 1.91. The number of aromatic hydroxyl groups is 1. The number of para-hydroxylation sites is 1. The molecule has 0 saturated carbocycles. The molecule has 1 aromatic carbocycles. The topological polar surface area (TPSA) is 92.4 Å². The Kier molecular flexibility index (Phi) is 2.97. The number of rotatable bonds is 3. The standard InChI is InChI=1S/C8H12N2O3S/c1-2-10-14(12,13)7-5-3-4-6(9)8(7)11/h3-5,10-11H,2,9H2,1H3. The van der Waals surface area contributed by atoms with E-state index in [-0.39, 0.29) is 17.1 Å². The Bertz CT molecular complexity index is 428. The van der Waals surface area contributed by atoms with Gasteiger partial charge in [-0.3, -0.25) is 0 Å². The monoisotopic (exact) mass is 216 g/mol. The van der Waals surface area contributed by atoms with Gasteiger partial charge in [-0.05, 0) is 12.1 Å². The molecule has 0 aliphatic rings. The van der Waals surface area contributed by atoms with Crippen LogP contribution in [0.3, 0.4) is 0 Å². The molecule has 5 nitrogen and oxygen atoms in total. The number of phenolic OH excluding ortho intramolecular Hbond substituents is 1. The summed E-state index contributed by atoms with van der Waals surface area (Å²) < 4.78 is 25.2. The van der Waals surface area contributed by atoms with E-state index < -0.39 is 15.8 Å². The number of hydrogen-bond donors (Lipinski definition) is 3. The Morgan fingerprint density at radius 1 is 1.50 bits per heavy atom. The molecule has 0 aliphatic carbocycles. The van der Waals surface area contributed by atoms with E-state index in [1.807, 2.05) is 0 Å². The largest absolute Gasteiger partial charge is 0.504 e. The maximum absolute atomic E-state index is 11.5. The smallest absolute Gasteiger partial charge is 0.244 e. The van der Waals surface area contributed by atoms with Gasteiger partial charge in [0.15, 0.2) is 5.75 Å². The van der Waals surface area contributed by atoms with Crippen LogP contribution in [0.1, 0.15) is 6.92 Å². The normalized spacial score (nSPS) is 11.5. The van der Waals surface area contributed by atoms with Gasteiger partial charge in [0.05, 0.1) is 5.69 Å². The Morgan fingerprint density at radius 2 is 2.14 bits per heavy atom. The number of nitrogen functional groups attached to an aromatic ring is 1. The van der Waals surface area contributed by atoms with Crippen molar-refractivity contribution in [2.24, 2.45) is 0 Å². The average Bonchev–Trinajstić information content (AvgIpc) is 2.09. The number of nitrogens with two attached hydrogens (primary N) is 1. The zero-order valence-corrected chi connectivity index (χ0v) is 8.50. The molecule has 0 spiro atoms. The lowest BCUT2D eigenvalue weighted by Gasteiger charge is -2.07. The van der Waals surface area contributed by atoms with Gasteiger partial charge in [0.2, 0.25) is 10.0 Å². The Hall–Kier alpha value is -1.27. The summed E-state index contributed by atoms with van der Waals surface area (Å²) in [5.41, 5.74) is 5.42. The molecule has 4 N–H and O–H groups in total. The summed E-state index contributed by atoms with van der Waals surface area (Å²) in [6.07, 6.45) is 0. The van der Waals surface area contributed by atoms with Gasteiger partial charge in [-0.15, -0.1) is 0 Å². The molecule has 6 heteroatoms. The Labute approximate surface area is 82.6 Å². The first kappa shape index (κ1) is 10.8. The van der Waals surface area contributed by atoms with Gasteiger partial charge in [-0.1, -0.05) is 13.0 Å². The maximum atomic E-state index is 11.5. The van der Waals surface area contributed by atoms with Crippen LogP contribution in [-0.4, -0.2) is 20.1 Å². The quantitative estimate of drug-likeness (QED) is 0.499. The second-order valence-electron chi connectivity index (χ2n) is 2.70. The second-order valence-corrected chi connectivity index (χ2v) is 4.43. The van der Waals surface area contributed by atoms with Crippen molar-refractivity contribution in [1.29, 1.82) is 0 Å². The third kappa shape index (κ3) is 1.97. The van der Waals surface area contributed by atoms with Crippen LogP contribution in [0.5, 0.6) is 5.75 Å². The van der Waals surface area contributed by atoms with E-state index in [9.17, 15) is 13.5 Å². The fourth-order valence-corrected chi connectivity index (χ4v) is 2.19. The summed E-state index contributed by atoms with van der Waals surface area (Å²) in [5.74, 6) is -0.409. The Morgan fingerprint density at radius 3 is 2.71 bits per heavy atom. The minimum Gasteiger partial charge on any atom is -0.504 e. The van der Waals surface area contributed by atoms with E-state index in [2.05, 4.69) is 4.72 Å². The summed E-state index contributed by atoms with van der Waals surface area (Å²) in [7, 11) is -3.64. The highest BCUT2D eigenvalue weighted by atomic mass is 32.2. The number of phenols is 1. The molecule has 0 heterocycles. The van der Waals surface area contributed by atoms with Crippen molar-refractivity contribution in [2.45, 2.75) is 11.8 Å². The second kappa shape index (κ2) is 3.85. The van der Waals surface area contributed by atoms with Gasteiger partial charge in [-0.2, -0.15) is 0 Å². The molecule has 0 unspecified atom stereocenters. The molecule has 1 aromatic rings. The predicted molar refractivity (Wildman–Crippen MR) is 53.4 cm³/mol. The van der Waals surface area contributed by atoms with E-state index >= 15 is 0 Å². The van der Waals surface area contributed by atoms with Crippen LogP contribution < -0.4 is 10.5 Å². The number of hydrogen-bond acceptors (Lipinski definition) is 4. The summed E-state index contributed by atoms with van der Waals surface area (Å²) in [6, 6.07) is 4.20. The van der Waals surface area contributed by atoms with Crippen LogP contribution in [0.2, 0.25) is 0 Å². The van der Waals surface area contributed by atoms with Gasteiger partial charge in [0, 0.05) is 6.54 Å². The van der Waals surface area contributed by atoms with Crippen LogP contribution in [0.25, 0.3) is 0 Å². The van der Waals surface area contributed by atoms with Crippen LogP contribution in [0.4, 0.5) is 5.69 Å². The van der Waals surface area contributed by atoms with Crippen LogP contribution >= 0.6 is 0 Å². The van der Waals surface area contributed by atoms with E-state index in [1.54, 1.807) is 6.92 Å². The fraction of sp³-hybridized carbons (Fsp3) is 0.250. The maximum Gasteiger partial charge on any atom is 0.244 e. The average molecular weight is 216 g/mol. The third-order valence-electron chi connectivity index (χ3n) is 1.65. The van der Waals surface area contributed by atoms with Crippen molar-refractivity contribution >= 4 is 15.7 Å². The molecule has 0 amide bonds. The van der Waals surface area contributed by atoms with Crippen LogP contribution in [-0.2, 0) is 10.0 Å². The van der Waals surface area contributed by atoms with Crippen molar-refractivity contribution in [3.05, 3.63) is 18.2 Å². The number of anilines is 1. The lowest BCUT2D eigenvalue weighted by Crippen LogP contribution is -2.23. The molecule has 0 radical (unpaired) electrons. The molecular weight excluding hydrogens is 204 g/mol. The van der Waals surface area contributed by atoms with Crippen LogP contribution in [0.15, 0.2) is 23.1 Å². The third-order valence-corrected chi connectivity index (χ3v) is 3.23. The lowest BCUT2D eigenvalue weighted by atomic mass is 10.3. The van der Waals surface area contributed by atoms with Gasteiger partial charge >= 0.3 is 0 Å². The lowest BCUT2D eigenvalue weighted by molar-refractivity contribution is 0.461. The van der Waals surface area contributed by atoms with Crippen molar-refractivity contribution in [1.82, 2.24) is 4.72 Å². The highest BCUT2D eigenvalue weighted by Gasteiger charge is 2.18. The summed E-state index contributed by atoms with van der Waals surface area (Å²) >= 11 is 0. The van der Waals surface area contributed by atoms with E-state index in [0.717, 1.165) is 0 Å². The zero-order valence-electron chi connectivity index (χ0n) is 7.69. The van der Waals surface area contributed by atoms with Gasteiger partial charge in [-0.25, -0.2) is 13.1 Å². The SMILES string of the molecule is CCNS(=O)(=O)c1cccc(N)c1O. The summed E-state index contributed by atoms with van der Waals surface area (Å²) in [4.78, 5) is -0.195. The summed E-state index contributed by atoms with van der Waals surface area (Å²) in [5, 5.41) is 9.42. The number of nitrogens with one attached hydrogen (secondary N) is 1. The predicted octanol–water partition coefficient (Wildman–Crippen LogP) is 0.273. The first-order chi connectivity index (χ1) is 6.49. The Balaban J connectivity index is 3.27. The molecule has 0 fully saturated rings. The zero-order chi connectivity index (χ0) is 10.8. The highest BCUT2D eigenvalue weighted by Crippen LogP contribution is 2.27. The molecule has 78 valence electrons. The number of benzene rings is 1. The molecule has 14 heavy (non-hydrogen) atoms. The molecule has 1 rings (SSSR count). The molecule has 0 aliphatic heterocycles. The highest BCUT2D eigenvalue weighted by molar-refractivity contribution is 7.89. The van der Waals surface area contributed by atoms with E-state index in [4.69, 9.17) is 5.73 Å². The fourth-order valence-electron chi connectivity index (χ4n) is 1.02. The molecule has 0 aromatic heterocycles.